The third-order valence-electron chi connectivity index (χ3n) is 4.19. The second-order valence-electron chi connectivity index (χ2n) is 5.79. The zero-order valence-corrected chi connectivity index (χ0v) is 12.4. The Bertz CT molecular complexity index is 875. The van der Waals surface area contributed by atoms with E-state index in [1.165, 1.54) is 16.8 Å². The topological polar surface area (TPSA) is 95.0 Å². The van der Waals surface area contributed by atoms with Crippen molar-refractivity contribution in [2.45, 2.75) is 25.3 Å². The van der Waals surface area contributed by atoms with E-state index in [0.717, 1.165) is 31.8 Å². The van der Waals surface area contributed by atoms with Crippen LogP contribution < -0.4 is 5.69 Å². The monoisotopic (exact) mass is 317 g/mol. The quantitative estimate of drug-likeness (QED) is 0.740. The second kappa shape index (κ2) is 5.58. The average Bonchev–Trinajstić information content (AvgIpc) is 3.14. The van der Waals surface area contributed by atoms with Gasteiger partial charge in [-0.05, 0) is 38.1 Å². The van der Waals surface area contributed by atoms with Crippen LogP contribution in [-0.2, 0) is 6.54 Å². The number of hydrogen-bond acceptors (Lipinski definition) is 5. The van der Waals surface area contributed by atoms with Crippen molar-refractivity contribution >= 4 is 5.65 Å². The van der Waals surface area contributed by atoms with Gasteiger partial charge in [0, 0.05) is 5.92 Å². The second-order valence-corrected chi connectivity index (χ2v) is 5.79. The maximum absolute atomic E-state index is 13.2. The largest absolute Gasteiger partial charge is 0.340 e. The van der Waals surface area contributed by atoms with Crippen LogP contribution >= 0.6 is 0 Å². The predicted molar refractivity (Wildman–Crippen MR) is 79.4 cm³/mol. The van der Waals surface area contributed by atoms with Crippen LogP contribution in [-0.4, -0.2) is 47.8 Å². The Kier molecular flexibility index (Phi) is 3.41. The lowest BCUT2D eigenvalue weighted by Gasteiger charge is -2.29. The number of likely N-dealkylation sites (tertiary alicyclic amines) is 1. The Hall–Kier alpha value is -2.55. The van der Waals surface area contributed by atoms with Crippen molar-refractivity contribution in [3.63, 3.8) is 0 Å². The molecule has 9 heteroatoms. The number of aromatic amines is 2. The van der Waals surface area contributed by atoms with Gasteiger partial charge in [-0.1, -0.05) is 0 Å². The van der Waals surface area contributed by atoms with E-state index in [0.29, 0.717) is 18.0 Å². The van der Waals surface area contributed by atoms with E-state index in [9.17, 15) is 9.18 Å². The van der Waals surface area contributed by atoms with Crippen LogP contribution in [0.4, 0.5) is 4.39 Å². The number of nitrogens with zero attached hydrogens (tertiary/aromatic N) is 5. The lowest BCUT2D eigenvalue weighted by atomic mass is 9.96. The van der Waals surface area contributed by atoms with Crippen molar-refractivity contribution in [3.8, 4) is 0 Å². The first-order chi connectivity index (χ1) is 11.2. The molecule has 1 aliphatic rings. The van der Waals surface area contributed by atoms with E-state index in [-0.39, 0.29) is 17.4 Å². The predicted octanol–water partition coefficient (Wildman–Crippen LogP) is 0.659. The summed E-state index contributed by atoms with van der Waals surface area (Å²) in [4.78, 5) is 20.4. The number of H-pyrrole nitrogens is 2. The minimum atomic E-state index is -0.322. The van der Waals surface area contributed by atoms with Gasteiger partial charge in [-0.2, -0.15) is 10.2 Å². The summed E-state index contributed by atoms with van der Waals surface area (Å²) < 4.78 is 14.7. The minimum absolute atomic E-state index is 0.271. The van der Waals surface area contributed by atoms with Crippen molar-refractivity contribution in [1.82, 2.24) is 34.7 Å². The maximum Gasteiger partial charge on any atom is 0.340 e. The molecule has 4 heterocycles. The SMILES string of the molecule is O=c1[nH]nc(CN2CCC(c3nc4ccc(F)cn4n3)CC2)[nH]1. The highest BCUT2D eigenvalue weighted by Gasteiger charge is 2.24. The molecule has 3 aromatic heterocycles. The average molecular weight is 317 g/mol. The number of fused-ring (bicyclic) bond motifs is 1. The van der Waals surface area contributed by atoms with Gasteiger partial charge in [-0.15, -0.1) is 0 Å². The summed E-state index contributed by atoms with van der Waals surface area (Å²) >= 11 is 0. The highest BCUT2D eigenvalue weighted by Crippen LogP contribution is 2.26. The first-order valence-electron chi connectivity index (χ1n) is 7.55. The Morgan fingerprint density at radius 1 is 1.30 bits per heavy atom. The highest BCUT2D eigenvalue weighted by atomic mass is 19.1. The number of rotatable bonds is 3. The molecule has 8 nitrogen and oxygen atoms in total. The van der Waals surface area contributed by atoms with Crippen molar-refractivity contribution < 1.29 is 4.39 Å². The van der Waals surface area contributed by atoms with E-state index in [2.05, 4.69) is 30.2 Å². The smallest absolute Gasteiger partial charge is 0.296 e. The number of piperidine rings is 1. The Labute approximate surface area is 130 Å². The third-order valence-corrected chi connectivity index (χ3v) is 4.19. The Morgan fingerprint density at radius 2 is 2.13 bits per heavy atom. The Balaban J connectivity index is 1.42. The normalized spacial score (nSPS) is 17.1. The lowest BCUT2D eigenvalue weighted by Crippen LogP contribution is -2.33. The van der Waals surface area contributed by atoms with Crippen molar-refractivity contribution in [2.75, 3.05) is 13.1 Å². The molecule has 0 radical (unpaired) electrons. The van der Waals surface area contributed by atoms with E-state index < -0.39 is 0 Å². The molecule has 2 N–H and O–H groups in total. The molecule has 3 aromatic rings. The number of halogens is 1. The minimum Gasteiger partial charge on any atom is -0.296 e. The van der Waals surface area contributed by atoms with Crippen LogP contribution in [0.3, 0.4) is 0 Å². The molecule has 0 saturated carbocycles. The molecule has 0 aromatic carbocycles. The van der Waals surface area contributed by atoms with Gasteiger partial charge in [0.25, 0.3) is 0 Å². The molecule has 1 aliphatic heterocycles. The van der Waals surface area contributed by atoms with Gasteiger partial charge in [0.15, 0.2) is 11.5 Å². The fourth-order valence-electron chi connectivity index (χ4n) is 2.99. The van der Waals surface area contributed by atoms with Crippen LogP contribution in [0.2, 0.25) is 0 Å². The summed E-state index contributed by atoms with van der Waals surface area (Å²) in [6, 6.07) is 3.02. The van der Waals surface area contributed by atoms with E-state index in [1.54, 1.807) is 6.07 Å². The van der Waals surface area contributed by atoms with Crippen LogP contribution in [0, 0.1) is 5.82 Å². The van der Waals surface area contributed by atoms with E-state index >= 15 is 0 Å². The van der Waals surface area contributed by atoms with Gasteiger partial charge in [0.2, 0.25) is 0 Å². The molecule has 1 saturated heterocycles. The molecular formula is C14H16FN7O. The first kappa shape index (κ1) is 14.1. The molecule has 120 valence electrons. The van der Waals surface area contributed by atoms with Gasteiger partial charge in [0.1, 0.15) is 11.6 Å². The first-order valence-corrected chi connectivity index (χ1v) is 7.55. The van der Waals surface area contributed by atoms with Crippen LogP contribution in [0.15, 0.2) is 23.1 Å². The zero-order chi connectivity index (χ0) is 15.8. The molecule has 1 fully saturated rings. The summed E-state index contributed by atoms with van der Waals surface area (Å²) in [6.07, 6.45) is 3.19. The van der Waals surface area contributed by atoms with E-state index in [4.69, 9.17) is 0 Å². The highest BCUT2D eigenvalue weighted by molar-refractivity contribution is 5.37. The molecular weight excluding hydrogens is 301 g/mol. The molecule has 0 aliphatic carbocycles. The number of hydrogen-bond donors (Lipinski definition) is 2. The Morgan fingerprint density at radius 3 is 2.87 bits per heavy atom. The van der Waals surface area contributed by atoms with Crippen LogP contribution in [0.25, 0.3) is 5.65 Å². The van der Waals surface area contributed by atoms with Crippen molar-refractivity contribution in [2.24, 2.45) is 0 Å². The molecule has 0 spiro atoms. The standard InChI is InChI=1S/C14H16FN7O/c15-10-1-2-12-17-13(20-22(12)7-10)9-3-5-21(6-4-9)8-11-16-14(23)19-18-11/h1-2,7,9H,3-6,8H2,(H2,16,18,19,23). The van der Waals surface area contributed by atoms with Gasteiger partial charge in [-0.25, -0.2) is 23.8 Å². The maximum atomic E-state index is 13.2. The number of pyridine rings is 1. The summed E-state index contributed by atoms with van der Waals surface area (Å²) in [5.41, 5.74) is 0.383. The van der Waals surface area contributed by atoms with Crippen molar-refractivity contribution in [3.05, 3.63) is 46.3 Å². The molecule has 0 atom stereocenters. The fourth-order valence-corrected chi connectivity index (χ4v) is 2.99. The number of aromatic nitrogens is 6. The molecule has 0 bridgehead atoms. The summed E-state index contributed by atoms with van der Waals surface area (Å²) in [5, 5.41) is 10.7. The lowest BCUT2D eigenvalue weighted by molar-refractivity contribution is 0.197. The summed E-state index contributed by atoms with van der Waals surface area (Å²) in [5.74, 6) is 1.36. The van der Waals surface area contributed by atoms with Gasteiger partial charge < -0.3 is 0 Å². The number of nitrogens with one attached hydrogen (secondary N) is 2. The summed E-state index contributed by atoms with van der Waals surface area (Å²) in [7, 11) is 0. The van der Waals surface area contributed by atoms with Gasteiger partial charge >= 0.3 is 5.69 Å². The zero-order valence-electron chi connectivity index (χ0n) is 12.4. The van der Waals surface area contributed by atoms with Gasteiger partial charge in [-0.3, -0.25) is 9.88 Å². The van der Waals surface area contributed by atoms with Crippen molar-refractivity contribution in [1.29, 1.82) is 0 Å². The molecule has 4 rings (SSSR count). The molecule has 23 heavy (non-hydrogen) atoms. The fraction of sp³-hybridized carbons (Fsp3) is 0.429. The van der Waals surface area contributed by atoms with Crippen LogP contribution in [0.5, 0.6) is 0 Å². The van der Waals surface area contributed by atoms with Gasteiger partial charge in [0.05, 0.1) is 12.7 Å². The molecule has 0 amide bonds. The summed E-state index contributed by atoms with van der Waals surface area (Å²) in [6.45, 7) is 2.38. The molecule has 0 unspecified atom stereocenters. The van der Waals surface area contributed by atoms with Crippen LogP contribution in [0.1, 0.15) is 30.4 Å². The van der Waals surface area contributed by atoms with E-state index in [1.807, 2.05) is 0 Å². The third kappa shape index (κ3) is 2.87.